The fourth-order valence-corrected chi connectivity index (χ4v) is 2.21. The van der Waals surface area contributed by atoms with E-state index in [1.807, 2.05) is 0 Å². The van der Waals surface area contributed by atoms with Gasteiger partial charge in [-0.15, -0.1) is 0 Å². The maximum Gasteiger partial charge on any atom is 0.326 e. The molecular weight excluding hydrogens is 282 g/mol. The van der Waals surface area contributed by atoms with Crippen LogP contribution in [0.4, 0.5) is 17.6 Å². The van der Waals surface area contributed by atoms with Gasteiger partial charge in [-0.05, 0) is 36.4 Å². The van der Waals surface area contributed by atoms with E-state index in [4.69, 9.17) is 0 Å². The Morgan fingerprint density at radius 3 is 2.10 bits per heavy atom. The second kappa shape index (κ2) is 7.78. The van der Waals surface area contributed by atoms with Crippen molar-refractivity contribution in [2.45, 2.75) is 52.0 Å². The zero-order valence-electron chi connectivity index (χ0n) is 12.7. The Balaban J connectivity index is 2.98. The van der Waals surface area contributed by atoms with Crippen molar-refractivity contribution in [3.63, 3.8) is 0 Å². The van der Waals surface area contributed by atoms with E-state index in [0.717, 1.165) is 12.0 Å². The van der Waals surface area contributed by atoms with Crippen LogP contribution in [0.5, 0.6) is 0 Å². The third kappa shape index (κ3) is 4.99. The second-order valence-electron chi connectivity index (χ2n) is 5.70. The molecule has 0 aliphatic heterocycles. The fourth-order valence-electron chi connectivity index (χ4n) is 2.21. The molecule has 0 aliphatic rings. The van der Waals surface area contributed by atoms with E-state index < -0.39 is 18.4 Å². The summed E-state index contributed by atoms with van der Waals surface area (Å²) >= 11 is 0. The summed E-state index contributed by atoms with van der Waals surface area (Å²) in [7, 11) is 0. The Morgan fingerprint density at radius 2 is 1.67 bits per heavy atom. The molecule has 0 aliphatic carbocycles. The first kappa shape index (κ1) is 18.0. The van der Waals surface area contributed by atoms with Gasteiger partial charge in [0.2, 0.25) is 0 Å². The summed E-state index contributed by atoms with van der Waals surface area (Å²) in [6.45, 7) is 6.19. The highest BCUT2D eigenvalue weighted by atomic mass is 19.3. The normalized spacial score (nSPS) is 14.0. The predicted molar refractivity (Wildman–Crippen MR) is 77.0 cm³/mol. The summed E-state index contributed by atoms with van der Waals surface area (Å²) < 4.78 is 52.7. The number of rotatable bonds is 8. The van der Waals surface area contributed by atoms with Crippen molar-refractivity contribution in [2.75, 3.05) is 6.54 Å². The minimum atomic E-state index is -4.09. The molecule has 21 heavy (non-hydrogen) atoms. The molecule has 1 N–H and O–H groups in total. The third-order valence-electron chi connectivity index (χ3n) is 3.23. The maximum absolute atomic E-state index is 13.7. The Kier molecular flexibility index (Phi) is 6.65. The lowest BCUT2D eigenvalue weighted by Crippen LogP contribution is -2.42. The quantitative estimate of drug-likeness (QED) is 0.679. The molecule has 0 bridgehead atoms. The number of alkyl halides is 4. The summed E-state index contributed by atoms with van der Waals surface area (Å²) in [5.74, 6) is -3.64. The molecule has 0 spiro atoms. The van der Waals surface area contributed by atoms with Crippen LogP contribution in [-0.4, -0.2) is 18.9 Å². The standard InChI is InChI=1S/C16H23F4N/c1-4-9-21-14(16(19,20)15(17)18)13-7-5-12(6-8-13)10-11(2)3/h5-8,11,14-15,21H,4,9-10H2,1-3H3. The topological polar surface area (TPSA) is 12.0 Å². The van der Waals surface area contributed by atoms with Crippen LogP contribution in [0.15, 0.2) is 24.3 Å². The van der Waals surface area contributed by atoms with Gasteiger partial charge in [0.05, 0.1) is 0 Å². The van der Waals surface area contributed by atoms with Crippen LogP contribution in [-0.2, 0) is 6.42 Å². The Hall–Kier alpha value is -1.10. The number of hydrogen-bond acceptors (Lipinski definition) is 1. The fraction of sp³-hybridized carbons (Fsp3) is 0.625. The zero-order valence-corrected chi connectivity index (χ0v) is 12.7. The highest BCUT2D eigenvalue weighted by Gasteiger charge is 2.49. The van der Waals surface area contributed by atoms with Crippen LogP contribution in [0, 0.1) is 5.92 Å². The first-order chi connectivity index (χ1) is 9.78. The van der Waals surface area contributed by atoms with E-state index in [9.17, 15) is 17.6 Å². The molecule has 0 radical (unpaired) electrons. The van der Waals surface area contributed by atoms with Gasteiger partial charge in [0, 0.05) is 0 Å². The first-order valence-corrected chi connectivity index (χ1v) is 7.27. The van der Waals surface area contributed by atoms with Crippen LogP contribution >= 0.6 is 0 Å². The van der Waals surface area contributed by atoms with E-state index in [1.54, 1.807) is 19.1 Å². The van der Waals surface area contributed by atoms with Crippen molar-refractivity contribution >= 4 is 0 Å². The van der Waals surface area contributed by atoms with E-state index in [2.05, 4.69) is 19.2 Å². The number of halogens is 4. The van der Waals surface area contributed by atoms with Crippen LogP contribution in [0.25, 0.3) is 0 Å². The largest absolute Gasteiger partial charge is 0.326 e. The van der Waals surface area contributed by atoms with Gasteiger partial charge in [0.1, 0.15) is 6.04 Å². The van der Waals surface area contributed by atoms with Gasteiger partial charge in [0.15, 0.2) is 0 Å². The molecule has 1 aromatic carbocycles. The van der Waals surface area contributed by atoms with Crippen molar-refractivity contribution in [1.82, 2.24) is 5.32 Å². The molecule has 0 heterocycles. The van der Waals surface area contributed by atoms with E-state index >= 15 is 0 Å². The highest BCUT2D eigenvalue weighted by molar-refractivity contribution is 5.27. The Labute approximate surface area is 123 Å². The summed E-state index contributed by atoms with van der Waals surface area (Å²) in [6, 6.07) is 4.84. The van der Waals surface area contributed by atoms with Gasteiger partial charge < -0.3 is 5.32 Å². The average Bonchev–Trinajstić information content (AvgIpc) is 2.40. The van der Waals surface area contributed by atoms with Crippen LogP contribution in [0.2, 0.25) is 0 Å². The molecule has 1 unspecified atom stereocenters. The molecule has 0 saturated heterocycles. The van der Waals surface area contributed by atoms with E-state index in [-0.39, 0.29) is 12.1 Å². The Bertz CT molecular complexity index is 415. The van der Waals surface area contributed by atoms with E-state index in [0.29, 0.717) is 12.3 Å². The van der Waals surface area contributed by atoms with Crippen molar-refractivity contribution in [3.05, 3.63) is 35.4 Å². The lowest BCUT2D eigenvalue weighted by atomic mass is 9.96. The van der Waals surface area contributed by atoms with Crippen LogP contribution in [0.1, 0.15) is 44.4 Å². The maximum atomic E-state index is 13.7. The van der Waals surface area contributed by atoms with E-state index in [1.165, 1.54) is 12.1 Å². The highest BCUT2D eigenvalue weighted by Crippen LogP contribution is 2.36. The molecule has 120 valence electrons. The van der Waals surface area contributed by atoms with Gasteiger partial charge in [-0.3, -0.25) is 0 Å². The minimum absolute atomic E-state index is 0.196. The first-order valence-electron chi connectivity index (χ1n) is 7.27. The molecule has 0 amide bonds. The van der Waals surface area contributed by atoms with Crippen molar-refractivity contribution in [3.8, 4) is 0 Å². The monoisotopic (exact) mass is 305 g/mol. The number of nitrogens with one attached hydrogen (secondary N) is 1. The lowest BCUT2D eigenvalue weighted by Gasteiger charge is -2.27. The summed E-state index contributed by atoms with van der Waals surface area (Å²) in [5, 5.41) is 2.54. The van der Waals surface area contributed by atoms with Crippen LogP contribution < -0.4 is 5.32 Å². The molecule has 0 fully saturated rings. The molecule has 1 nitrogen and oxygen atoms in total. The van der Waals surface area contributed by atoms with Gasteiger partial charge in [-0.25, -0.2) is 8.78 Å². The van der Waals surface area contributed by atoms with Gasteiger partial charge in [0.25, 0.3) is 0 Å². The third-order valence-corrected chi connectivity index (χ3v) is 3.23. The second-order valence-corrected chi connectivity index (χ2v) is 5.70. The predicted octanol–water partition coefficient (Wildman–Crippen LogP) is 4.83. The SMILES string of the molecule is CCCNC(c1ccc(CC(C)C)cc1)C(F)(F)C(F)F. The molecule has 0 aromatic heterocycles. The zero-order chi connectivity index (χ0) is 16.0. The van der Waals surface area contributed by atoms with Crippen molar-refractivity contribution < 1.29 is 17.6 Å². The van der Waals surface area contributed by atoms with Gasteiger partial charge in [-0.1, -0.05) is 45.0 Å². The molecule has 1 rings (SSSR count). The van der Waals surface area contributed by atoms with Crippen molar-refractivity contribution in [1.29, 1.82) is 0 Å². The molecule has 5 heteroatoms. The number of benzene rings is 1. The molecule has 1 atom stereocenters. The van der Waals surface area contributed by atoms with Gasteiger partial charge >= 0.3 is 12.3 Å². The number of hydrogen-bond donors (Lipinski definition) is 1. The molecule has 1 aromatic rings. The average molecular weight is 305 g/mol. The summed E-state index contributed by atoms with van der Waals surface area (Å²) in [5.41, 5.74) is 1.21. The summed E-state index contributed by atoms with van der Waals surface area (Å²) in [6.07, 6.45) is -2.26. The smallest absolute Gasteiger partial charge is 0.305 e. The Morgan fingerprint density at radius 1 is 1.10 bits per heavy atom. The molecular formula is C16H23F4N. The minimum Gasteiger partial charge on any atom is -0.305 e. The van der Waals surface area contributed by atoms with Gasteiger partial charge in [-0.2, -0.15) is 8.78 Å². The molecule has 0 saturated carbocycles. The van der Waals surface area contributed by atoms with Crippen molar-refractivity contribution in [2.24, 2.45) is 5.92 Å². The van der Waals surface area contributed by atoms with Crippen LogP contribution in [0.3, 0.4) is 0 Å². The summed E-state index contributed by atoms with van der Waals surface area (Å²) in [4.78, 5) is 0. The lowest BCUT2D eigenvalue weighted by molar-refractivity contribution is -0.151.